The van der Waals surface area contributed by atoms with Gasteiger partial charge in [-0.25, -0.2) is 13.6 Å². The van der Waals surface area contributed by atoms with E-state index < -0.39 is 17.6 Å². The zero-order valence-electron chi connectivity index (χ0n) is 9.61. The first-order valence-corrected chi connectivity index (χ1v) is 5.25. The lowest BCUT2D eigenvalue weighted by Gasteiger charge is -2.05. The van der Waals surface area contributed by atoms with Gasteiger partial charge in [0.1, 0.15) is 11.6 Å². The van der Waals surface area contributed by atoms with E-state index in [1.807, 2.05) is 0 Å². The van der Waals surface area contributed by atoms with Crippen LogP contribution >= 0.6 is 0 Å². The summed E-state index contributed by atoms with van der Waals surface area (Å²) in [5, 5.41) is 0. The van der Waals surface area contributed by atoms with Crippen LogP contribution in [-0.4, -0.2) is 13.1 Å². The molecule has 0 heterocycles. The summed E-state index contributed by atoms with van der Waals surface area (Å²) in [7, 11) is 1.28. The van der Waals surface area contributed by atoms with Crippen molar-refractivity contribution in [3.05, 3.63) is 59.7 Å². The summed E-state index contributed by atoms with van der Waals surface area (Å²) in [6.45, 7) is 0. The van der Waals surface area contributed by atoms with Gasteiger partial charge in [0, 0.05) is 5.56 Å². The van der Waals surface area contributed by atoms with Gasteiger partial charge in [-0.15, -0.1) is 0 Å². The smallest absolute Gasteiger partial charge is 0.337 e. The van der Waals surface area contributed by atoms with Crippen molar-refractivity contribution in [3.8, 4) is 11.1 Å². The molecule has 0 aliphatic rings. The molecule has 2 nitrogen and oxygen atoms in total. The molecule has 0 amide bonds. The zero-order valence-corrected chi connectivity index (χ0v) is 9.61. The minimum Gasteiger partial charge on any atom is -0.465 e. The molecule has 2 aromatic rings. The van der Waals surface area contributed by atoms with E-state index in [2.05, 4.69) is 4.74 Å². The van der Waals surface area contributed by atoms with E-state index in [1.54, 1.807) is 12.1 Å². The molecule has 0 aliphatic carbocycles. The van der Waals surface area contributed by atoms with Crippen LogP contribution in [-0.2, 0) is 4.74 Å². The molecular weight excluding hydrogens is 238 g/mol. The number of carbonyl (C=O) groups is 1. The second-order valence-electron chi connectivity index (χ2n) is 3.69. The normalized spacial score (nSPS) is 10.2. The molecule has 0 saturated carbocycles. The van der Waals surface area contributed by atoms with Crippen molar-refractivity contribution < 1.29 is 18.3 Å². The number of hydrogen-bond acceptors (Lipinski definition) is 2. The molecule has 0 unspecified atom stereocenters. The quantitative estimate of drug-likeness (QED) is 0.761. The minimum atomic E-state index is -0.512. The molecule has 0 aliphatic heterocycles. The number of hydrogen-bond donors (Lipinski definition) is 0. The Labute approximate surface area is 103 Å². The van der Waals surface area contributed by atoms with Gasteiger partial charge in [-0.2, -0.15) is 0 Å². The standard InChI is InChI=1S/C14H10F2O2/c1-18-14(17)10-4-2-9(3-5-10)12-8-11(15)6-7-13(12)16/h2-8H,1H3. The summed E-state index contributed by atoms with van der Waals surface area (Å²) in [5.74, 6) is -1.49. The van der Waals surface area contributed by atoms with Gasteiger partial charge in [-0.1, -0.05) is 12.1 Å². The highest BCUT2D eigenvalue weighted by Crippen LogP contribution is 2.24. The Kier molecular flexibility index (Phi) is 3.37. The van der Waals surface area contributed by atoms with Crippen LogP contribution in [0.3, 0.4) is 0 Å². The summed E-state index contributed by atoms with van der Waals surface area (Å²) in [5.41, 5.74) is 1.02. The largest absolute Gasteiger partial charge is 0.465 e. The van der Waals surface area contributed by atoms with Crippen LogP contribution in [0, 0.1) is 11.6 Å². The van der Waals surface area contributed by atoms with Crippen molar-refractivity contribution in [2.45, 2.75) is 0 Å². The molecule has 0 N–H and O–H groups in total. The van der Waals surface area contributed by atoms with E-state index in [-0.39, 0.29) is 5.56 Å². The lowest BCUT2D eigenvalue weighted by molar-refractivity contribution is 0.0601. The predicted molar refractivity (Wildman–Crippen MR) is 63.1 cm³/mol. The van der Waals surface area contributed by atoms with E-state index in [0.29, 0.717) is 11.1 Å². The number of rotatable bonds is 2. The molecule has 0 atom stereocenters. The van der Waals surface area contributed by atoms with Gasteiger partial charge in [0.2, 0.25) is 0 Å². The molecule has 0 fully saturated rings. The summed E-state index contributed by atoms with van der Waals surface area (Å²) in [6.07, 6.45) is 0. The third-order valence-corrected chi connectivity index (χ3v) is 2.55. The van der Waals surface area contributed by atoms with Crippen LogP contribution < -0.4 is 0 Å². The van der Waals surface area contributed by atoms with E-state index in [4.69, 9.17) is 0 Å². The average Bonchev–Trinajstić information content (AvgIpc) is 2.41. The van der Waals surface area contributed by atoms with E-state index >= 15 is 0 Å². The number of benzene rings is 2. The second kappa shape index (κ2) is 4.96. The van der Waals surface area contributed by atoms with Crippen LogP contribution in [0.25, 0.3) is 11.1 Å². The Morgan fingerprint density at radius 3 is 2.33 bits per heavy atom. The number of methoxy groups -OCH3 is 1. The van der Waals surface area contributed by atoms with Crippen molar-refractivity contribution in [2.24, 2.45) is 0 Å². The summed E-state index contributed by atoms with van der Waals surface area (Å²) in [4.78, 5) is 11.2. The molecule has 0 spiro atoms. The maximum atomic E-state index is 13.5. The average molecular weight is 248 g/mol. The maximum Gasteiger partial charge on any atom is 0.337 e. The van der Waals surface area contributed by atoms with Crippen LogP contribution in [0.15, 0.2) is 42.5 Å². The highest BCUT2D eigenvalue weighted by Gasteiger charge is 2.09. The molecule has 2 rings (SSSR count). The monoisotopic (exact) mass is 248 g/mol. The molecule has 0 saturated heterocycles. The topological polar surface area (TPSA) is 26.3 Å². The van der Waals surface area contributed by atoms with Crippen LogP contribution in [0.5, 0.6) is 0 Å². The first-order chi connectivity index (χ1) is 8.61. The zero-order chi connectivity index (χ0) is 13.1. The maximum absolute atomic E-state index is 13.5. The SMILES string of the molecule is COC(=O)c1ccc(-c2cc(F)ccc2F)cc1. The molecule has 0 radical (unpaired) electrons. The molecule has 2 aromatic carbocycles. The molecule has 18 heavy (non-hydrogen) atoms. The van der Waals surface area contributed by atoms with Crippen molar-refractivity contribution in [1.29, 1.82) is 0 Å². The lowest BCUT2D eigenvalue weighted by Crippen LogP contribution is -2.00. The number of ether oxygens (including phenoxy) is 1. The van der Waals surface area contributed by atoms with Crippen molar-refractivity contribution in [3.63, 3.8) is 0 Å². The van der Waals surface area contributed by atoms with Crippen LogP contribution in [0.1, 0.15) is 10.4 Å². The number of esters is 1. The number of carbonyl (C=O) groups excluding carboxylic acids is 1. The van der Waals surface area contributed by atoms with Gasteiger partial charge < -0.3 is 4.74 Å². The summed E-state index contributed by atoms with van der Waals surface area (Å²) in [6, 6.07) is 9.34. The van der Waals surface area contributed by atoms with Crippen molar-refractivity contribution in [2.75, 3.05) is 7.11 Å². The summed E-state index contributed by atoms with van der Waals surface area (Å²) < 4.78 is 31.1. The van der Waals surface area contributed by atoms with Crippen molar-refractivity contribution >= 4 is 5.97 Å². The van der Waals surface area contributed by atoms with Gasteiger partial charge >= 0.3 is 5.97 Å². The van der Waals surface area contributed by atoms with Gasteiger partial charge in [0.15, 0.2) is 0 Å². The molecule has 4 heteroatoms. The Hall–Kier alpha value is -2.23. The van der Waals surface area contributed by atoms with E-state index in [9.17, 15) is 13.6 Å². The lowest BCUT2D eigenvalue weighted by atomic mass is 10.0. The molecule has 92 valence electrons. The fourth-order valence-corrected chi connectivity index (χ4v) is 1.62. The molecule has 0 bridgehead atoms. The van der Waals surface area contributed by atoms with Gasteiger partial charge in [-0.05, 0) is 35.9 Å². The Balaban J connectivity index is 2.40. The minimum absolute atomic E-state index is 0.159. The third-order valence-electron chi connectivity index (χ3n) is 2.55. The molecular formula is C14H10F2O2. The molecule has 0 aromatic heterocycles. The first kappa shape index (κ1) is 12.2. The van der Waals surface area contributed by atoms with Gasteiger partial charge in [-0.3, -0.25) is 0 Å². The fraction of sp³-hybridized carbons (Fsp3) is 0.0714. The first-order valence-electron chi connectivity index (χ1n) is 5.25. The van der Waals surface area contributed by atoms with E-state index in [1.165, 1.54) is 19.2 Å². The Bertz CT molecular complexity index is 577. The second-order valence-corrected chi connectivity index (χ2v) is 3.69. The Morgan fingerprint density at radius 2 is 1.72 bits per heavy atom. The van der Waals surface area contributed by atoms with Crippen molar-refractivity contribution in [1.82, 2.24) is 0 Å². The van der Waals surface area contributed by atoms with Crippen LogP contribution in [0.4, 0.5) is 8.78 Å². The highest BCUT2D eigenvalue weighted by atomic mass is 19.1. The highest BCUT2D eigenvalue weighted by molar-refractivity contribution is 5.89. The van der Waals surface area contributed by atoms with E-state index in [0.717, 1.165) is 18.2 Å². The van der Waals surface area contributed by atoms with Gasteiger partial charge in [0.05, 0.1) is 12.7 Å². The fourth-order valence-electron chi connectivity index (χ4n) is 1.62. The predicted octanol–water partition coefficient (Wildman–Crippen LogP) is 3.42. The third kappa shape index (κ3) is 2.37. The van der Waals surface area contributed by atoms with Crippen LogP contribution in [0.2, 0.25) is 0 Å². The van der Waals surface area contributed by atoms with Gasteiger partial charge in [0.25, 0.3) is 0 Å². The Morgan fingerprint density at radius 1 is 1.06 bits per heavy atom. The summed E-state index contributed by atoms with van der Waals surface area (Å²) >= 11 is 0. The number of halogens is 2.